The lowest BCUT2D eigenvalue weighted by atomic mass is 9.74. The number of hydrogen-bond donors (Lipinski definition) is 3. The number of aryl methyl sites for hydroxylation is 3. The molecule has 0 saturated heterocycles. The van der Waals surface area contributed by atoms with Crippen LogP contribution in [0, 0.1) is 0 Å². The molecule has 0 aromatic heterocycles. The van der Waals surface area contributed by atoms with E-state index in [1.165, 1.54) is 248 Å². The molecule has 0 radical (unpaired) electrons. The Morgan fingerprint density at radius 1 is 0.192 bits per heavy atom. The summed E-state index contributed by atoms with van der Waals surface area (Å²) in [6, 6.07) is 14.2. The number of benzene rings is 4. The van der Waals surface area contributed by atoms with Crippen molar-refractivity contribution in [2.24, 2.45) is 0 Å². The molecule has 0 heterocycles. The van der Waals surface area contributed by atoms with Crippen molar-refractivity contribution in [3.63, 3.8) is 0 Å². The van der Waals surface area contributed by atoms with Crippen molar-refractivity contribution in [2.75, 3.05) is 0 Å². The lowest BCUT2D eigenvalue weighted by Crippen LogP contribution is -2.21. The molecule has 3 nitrogen and oxygen atoms in total. The monoisotopic (exact) mass is 1360 g/mol. The molecule has 99 heavy (non-hydrogen) atoms. The summed E-state index contributed by atoms with van der Waals surface area (Å²) in [5, 5.41) is 35.6. The van der Waals surface area contributed by atoms with Gasteiger partial charge in [-0.1, -0.05) is 317 Å². The molecule has 0 aliphatic carbocycles. The van der Waals surface area contributed by atoms with Crippen molar-refractivity contribution in [3.8, 4) is 17.2 Å². The fraction of sp³-hybridized carbons (Fsp3) is 0.750. The highest BCUT2D eigenvalue weighted by Crippen LogP contribution is 2.47. The minimum absolute atomic E-state index is 0.0793. The quantitative estimate of drug-likeness (QED) is 0.0386. The molecule has 0 bridgehead atoms. The molecule has 4 aromatic carbocycles. The molecule has 3 N–H and O–H groups in total. The van der Waals surface area contributed by atoms with Crippen LogP contribution in [-0.2, 0) is 90.3 Å². The Balaban J connectivity index is 1.86. The van der Waals surface area contributed by atoms with E-state index < -0.39 is 0 Å². The highest BCUT2D eigenvalue weighted by Gasteiger charge is 2.34. The van der Waals surface area contributed by atoms with Crippen LogP contribution in [0.5, 0.6) is 17.2 Å². The number of hydrogen-bond acceptors (Lipinski definition) is 3. The number of rotatable bonds is 54. The number of aromatic hydroxyl groups is 3. The third-order valence-corrected chi connectivity index (χ3v) is 25.6. The molecule has 0 spiro atoms. The zero-order valence-corrected chi connectivity index (χ0v) is 69.6. The first-order valence-electron chi connectivity index (χ1n) is 42.8. The van der Waals surface area contributed by atoms with Crippen LogP contribution in [0.3, 0.4) is 0 Å². The first kappa shape index (κ1) is 87.7. The Hall–Kier alpha value is -3.72. The minimum atomic E-state index is -0.0793. The van der Waals surface area contributed by atoms with Crippen molar-refractivity contribution in [3.05, 3.63) is 120 Å². The van der Waals surface area contributed by atoms with Crippen LogP contribution in [0.15, 0.2) is 36.4 Å². The molecule has 564 valence electrons. The lowest BCUT2D eigenvalue weighted by Gasteiger charge is -2.31. The highest BCUT2D eigenvalue weighted by atomic mass is 16.3. The van der Waals surface area contributed by atoms with Crippen LogP contribution in [0.25, 0.3) is 0 Å². The SMILES string of the molecule is CCCCCCCCc1c(CCCCCCc2cc(C(C)(C)CC)c(O)c(C(C)(C)CC)c2)c(CCCCCCCC)c(CCCCCCc2cc(C(C)(C)CC)c(O)c(C(C)(C)CC)c2)c(CCCCCCCC)c1CCCCCCc1cc(C(C)(C)CC)c(O)c(C(C)(C)CC)c1. The highest BCUT2D eigenvalue weighted by molar-refractivity contribution is 5.55. The molecule has 4 aromatic rings. The van der Waals surface area contributed by atoms with Gasteiger partial charge < -0.3 is 15.3 Å². The van der Waals surface area contributed by atoms with Crippen molar-refractivity contribution in [1.29, 1.82) is 0 Å². The summed E-state index contributed by atoms with van der Waals surface area (Å²) in [7, 11) is 0. The zero-order chi connectivity index (χ0) is 73.5. The van der Waals surface area contributed by atoms with Gasteiger partial charge in [0.1, 0.15) is 17.2 Å². The van der Waals surface area contributed by atoms with Gasteiger partial charge in [-0.05, 0) is 237 Å². The molecule has 0 fully saturated rings. The molecule has 0 amide bonds. The molecule has 3 heteroatoms. The maximum absolute atomic E-state index is 11.9. The van der Waals surface area contributed by atoms with Crippen LogP contribution >= 0.6 is 0 Å². The standard InChI is InChI=1S/C96H162O3/c1-22-31-34-37-40-52-61-76-79(64-55-46-43-49-58-73-67-82(91(10,11)25-4)88(97)83(68-73)92(12,13)26-5)77(62-53-41-38-35-32-23-2)81(66-57-48-45-51-60-75-71-86(95(18,19)29-8)90(99)87(72-75)96(20,21)30-9)78(63-54-42-39-36-33-24-3)80(76)65-56-47-44-50-59-74-69-84(93(14,15)27-6)89(98)85(70-74)94(16,17)28-7/h67-72,97-99H,22-66H2,1-21H3. The van der Waals surface area contributed by atoms with Gasteiger partial charge >= 0.3 is 0 Å². The zero-order valence-electron chi connectivity index (χ0n) is 69.6. The van der Waals surface area contributed by atoms with Crippen molar-refractivity contribution < 1.29 is 15.3 Å². The van der Waals surface area contributed by atoms with E-state index in [-0.39, 0.29) is 32.5 Å². The topological polar surface area (TPSA) is 60.7 Å². The smallest absolute Gasteiger partial charge is 0.123 e. The maximum atomic E-state index is 11.9. The van der Waals surface area contributed by atoms with Gasteiger partial charge in [-0.15, -0.1) is 0 Å². The van der Waals surface area contributed by atoms with Crippen molar-refractivity contribution in [1.82, 2.24) is 0 Å². The number of unbranched alkanes of at least 4 members (excludes halogenated alkanes) is 24. The van der Waals surface area contributed by atoms with Crippen LogP contribution in [-0.4, -0.2) is 15.3 Å². The fourth-order valence-electron chi connectivity index (χ4n) is 15.9. The summed E-state index contributed by atoms with van der Waals surface area (Å²) < 4.78 is 0. The second-order valence-corrected chi connectivity index (χ2v) is 35.7. The number of phenols is 3. The van der Waals surface area contributed by atoms with Crippen molar-refractivity contribution >= 4 is 0 Å². The second kappa shape index (κ2) is 43.5. The van der Waals surface area contributed by atoms with Crippen molar-refractivity contribution in [2.45, 2.75) is 467 Å². The molecule has 0 unspecified atom stereocenters. The van der Waals surface area contributed by atoms with Gasteiger partial charge in [0.25, 0.3) is 0 Å². The molecule has 4 rings (SSSR count). The van der Waals surface area contributed by atoms with E-state index in [0.29, 0.717) is 17.2 Å². The van der Waals surface area contributed by atoms with Crippen LogP contribution in [0.1, 0.15) is 460 Å². The third kappa shape index (κ3) is 26.7. The maximum Gasteiger partial charge on any atom is 0.123 e. The Labute approximate surface area is 615 Å². The van der Waals surface area contributed by atoms with E-state index in [1.54, 1.807) is 0 Å². The van der Waals surface area contributed by atoms with Crippen LogP contribution < -0.4 is 0 Å². The van der Waals surface area contributed by atoms with Crippen LogP contribution in [0.4, 0.5) is 0 Å². The normalized spacial score (nSPS) is 12.8. The van der Waals surface area contributed by atoms with Gasteiger partial charge in [-0.25, -0.2) is 0 Å². The predicted molar refractivity (Wildman–Crippen MR) is 440 cm³/mol. The Morgan fingerprint density at radius 2 is 0.323 bits per heavy atom. The lowest BCUT2D eigenvalue weighted by molar-refractivity contribution is 0.399. The third-order valence-electron chi connectivity index (χ3n) is 25.6. The molecule has 0 aliphatic heterocycles. The summed E-state index contributed by atoms with van der Waals surface area (Å²) in [5.74, 6) is 1.60. The van der Waals surface area contributed by atoms with Gasteiger partial charge in [-0.3, -0.25) is 0 Å². The molecule has 0 atom stereocenters. The molecular weight excluding hydrogens is 1200 g/mol. The minimum Gasteiger partial charge on any atom is -0.507 e. The van der Waals surface area contributed by atoms with E-state index in [4.69, 9.17) is 0 Å². The van der Waals surface area contributed by atoms with E-state index >= 15 is 0 Å². The first-order chi connectivity index (χ1) is 47.0. The van der Waals surface area contributed by atoms with Gasteiger partial charge in [0.05, 0.1) is 0 Å². The van der Waals surface area contributed by atoms with Gasteiger partial charge in [0.2, 0.25) is 0 Å². The van der Waals surface area contributed by atoms with Gasteiger partial charge in [-0.2, -0.15) is 0 Å². The van der Waals surface area contributed by atoms with E-state index in [1.807, 2.05) is 33.4 Å². The first-order valence-corrected chi connectivity index (χ1v) is 42.8. The van der Waals surface area contributed by atoms with E-state index in [2.05, 4.69) is 182 Å². The summed E-state index contributed by atoms with van der Waals surface area (Å²) in [6.45, 7) is 48.5. The van der Waals surface area contributed by atoms with Gasteiger partial charge in [0, 0.05) is 33.4 Å². The molecular formula is C96H162O3. The average Bonchev–Trinajstić information content (AvgIpc) is 0.773. The largest absolute Gasteiger partial charge is 0.507 e. The summed E-state index contributed by atoms with van der Waals surface area (Å²) in [5.41, 5.74) is 21.5. The van der Waals surface area contributed by atoms with E-state index in [9.17, 15) is 15.3 Å². The van der Waals surface area contributed by atoms with E-state index in [0.717, 1.165) is 91.2 Å². The summed E-state index contributed by atoms with van der Waals surface area (Å²) >= 11 is 0. The second-order valence-electron chi connectivity index (χ2n) is 35.7. The van der Waals surface area contributed by atoms with Gasteiger partial charge in [0.15, 0.2) is 0 Å². The predicted octanol–water partition coefficient (Wildman–Crippen LogP) is 29.7. The Kier molecular flexibility index (Phi) is 38.6. The Bertz CT molecular complexity index is 2490. The Morgan fingerprint density at radius 3 is 0.465 bits per heavy atom. The van der Waals surface area contributed by atoms with Crippen LogP contribution in [0.2, 0.25) is 0 Å². The number of phenolic OH excluding ortho intramolecular Hbond substituents is 3. The fourth-order valence-corrected chi connectivity index (χ4v) is 15.9. The molecule has 0 aliphatic rings. The summed E-state index contributed by atoms with van der Waals surface area (Å²) in [6.07, 6.45) is 55.6. The molecule has 0 saturated carbocycles. The average molecular weight is 1360 g/mol. The summed E-state index contributed by atoms with van der Waals surface area (Å²) in [4.78, 5) is 0.